The van der Waals surface area contributed by atoms with Crippen LogP contribution in [0, 0.1) is 5.92 Å². The number of hydrogen-bond acceptors (Lipinski definition) is 3. The van der Waals surface area contributed by atoms with Gasteiger partial charge in [-0.3, -0.25) is 0 Å². The van der Waals surface area contributed by atoms with Crippen LogP contribution in [0.4, 0.5) is 0 Å². The molecule has 0 radical (unpaired) electrons. The average Bonchev–Trinajstić information content (AvgIpc) is 2.58. The van der Waals surface area contributed by atoms with Crippen LogP contribution < -0.4 is 5.32 Å². The smallest absolute Gasteiger partial charge is 0.0518 e. The minimum absolute atomic E-state index is 0.801. The van der Waals surface area contributed by atoms with Crippen LogP contribution in [0.15, 0.2) is 0 Å². The third-order valence-electron chi connectivity index (χ3n) is 2.25. The van der Waals surface area contributed by atoms with Crippen LogP contribution in [-0.4, -0.2) is 39.5 Å². The molecule has 0 aromatic heterocycles. The Kier molecular flexibility index (Phi) is 6.15. The van der Waals surface area contributed by atoms with Gasteiger partial charge in [0.15, 0.2) is 0 Å². The van der Waals surface area contributed by atoms with Crippen LogP contribution in [0.5, 0.6) is 0 Å². The van der Waals surface area contributed by atoms with Crippen molar-refractivity contribution in [3.8, 4) is 0 Å². The Balaban J connectivity index is 0.000000145. The third kappa shape index (κ3) is 5.24. The molecule has 0 atom stereocenters. The normalized spacial score (nSPS) is 21.9. The van der Waals surface area contributed by atoms with E-state index in [9.17, 15) is 0 Å². The molecule has 0 aromatic rings. The first-order chi connectivity index (χ1) is 6.43. The molecule has 78 valence electrons. The summed E-state index contributed by atoms with van der Waals surface area (Å²) in [6.07, 6.45) is 2.56. The second-order valence-electron chi connectivity index (χ2n) is 3.50. The van der Waals surface area contributed by atoms with Crippen molar-refractivity contribution in [3.63, 3.8) is 0 Å². The van der Waals surface area contributed by atoms with Crippen molar-refractivity contribution in [2.45, 2.75) is 19.8 Å². The molecule has 0 bridgehead atoms. The summed E-state index contributed by atoms with van der Waals surface area (Å²) in [6, 6.07) is 0. The molecule has 3 nitrogen and oxygen atoms in total. The molecule has 0 saturated carbocycles. The molecular weight excluding hydrogens is 166 g/mol. The first kappa shape index (κ1) is 11.0. The maximum atomic E-state index is 5.20. The first-order valence-electron chi connectivity index (χ1n) is 5.29. The summed E-state index contributed by atoms with van der Waals surface area (Å²) in [4.78, 5) is 0. The second-order valence-corrected chi connectivity index (χ2v) is 3.50. The van der Waals surface area contributed by atoms with Crippen molar-refractivity contribution in [1.29, 1.82) is 0 Å². The van der Waals surface area contributed by atoms with Crippen molar-refractivity contribution in [1.82, 2.24) is 5.32 Å². The van der Waals surface area contributed by atoms with E-state index in [1.165, 1.54) is 12.8 Å². The molecule has 0 amide bonds. The number of hydrogen-bond donors (Lipinski definition) is 1. The van der Waals surface area contributed by atoms with Crippen LogP contribution in [0.3, 0.4) is 0 Å². The predicted molar refractivity (Wildman–Crippen MR) is 52.9 cm³/mol. The molecule has 2 fully saturated rings. The molecule has 0 aromatic carbocycles. The second kappa shape index (κ2) is 7.30. The van der Waals surface area contributed by atoms with Crippen LogP contribution >= 0.6 is 0 Å². The van der Waals surface area contributed by atoms with E-state index in [-0.39, 0.29) is 0 Å². The molecule has 13 heavy (non-hydrogen) atoms. The lowest BCUT2D eigenvalue weighted by Crippen LogP contribution is -2.44. The fraction of sp³-hybridized carbons (Fsp3) is 1.00. The first-order valence-corrected chi connectivity index (χ1v) is 5.29. The molecular formula is C10H21NO2. The predicted octanol–water partition coefficient (Wildman–Crippen LogP) is 1.04. The van der Waals surface area contributed by atoms with Gasteiger partial charge in [-0.15, -0.1) is 0 Å². The molecule has 0 unspecified atom stereocenters. The summed E-state index contributed by atoms with van der Waals surface area (Å²) in [7, 11) is 0. The Labute approximate surface area is 80.8 Å². The van der Waals surface area contributed by atoms with E-state index in [0.717, 1.165) is 45.4 Å². The number of rotatable bonds is 3. The lowest BCUT2D eigenvalue weighted by atomic mass is 10.1. The van der Waals surface area contributed by atoms with E-state index in [2.05, 4.69) is 5.32 Å². The van der Waals surface area contributed by atoms with Gasteiger partial charge in [-0.25, -0.2) is 0 Å². The van der Waals surface area contributed by atoms with Crippen molar-refractivity contribution in [3.05, 3.63) is 0 Å². The minimum atomic E-state index is 0.801. The molecule has 2 aliphatic rings. The Hall–Kier alpha value is -0.120. The topological polar surface area (TPSA) is 30.5 Å². The van der Waals surface area contributed by atoms with Gasteiger partial charge >= 0.3 is 0 Å². The highest BCUT2D eigenvalue weighted by Gasteiger charge is 2.15. The highest BCUT2D eigenvalue weighted by atomic mass is 16.5. The molecule has 1 N–H and O–H groups in total. The van der Waals surface area contributed by atoms with Gasteiger partial charge in [0, 0.05) is 38.8 Å². The van der Waals surface area contributed by atoms with E-state index in [4.69, 9.17) is 9.47 Å². The number of nitrogens with one attached hydrogen (secondary N) is 1. The summed E-state index contributed by atoms with van der Waals surface area (Å²) in [6.45, 7) is 8.14. The zero-order valence-corrected chi connectivity index (χ0v) is 8.55. The van der Waals surface area contributed by atoms with Gasteiger partial charge in [0.1, 0.15) is 0 Å². The van der Waals surface area contributed by atoms with Gasteiger partial charge in [-0.2, -0.15) is 0 Å². The van der Waals surface area contributed by atoms with Crippen LogP contribution in [0.1, 0.15) is 19.8 Å². The fourth-order valence-corrected chi connectivity index (χ4v) is 1.26. The molecule has 2 aliphatic heterocycles. The molecule has 2 saturated heterocycles. The van der Waals surface area contributed by atoms with E-state index in [1.807, 2.05) is 6.92 Å². The maximum absolute atomic E-state index is 5.20. The highest BCUT2D eigenvalue weighted by Crippen LogP contribution is 2.01. The summed E-state index contributed by atoms with van der Waals surface area (Å²) < 4.78 is 10.1. The minimum Gasteiger partial charge on any atom is -0.381 e. The van der Waals surface area contributed by atoms with Crippen LogP contribution in [-0.2, 0) is 9.47 Å². The average molecular weight is 187 g/mol. The monoisotopic (exact) mass is 187 g/mol. The lowest BCUT2D eigenvalue weighted by Gasteiger charge is -2.26. The van der Waals surface area contributed by atoms with Gasteiger partial charge in [-0.1, -0.05) is 0 Å². The summed E-state index contributed by atoms with van der Waals surface area (Å²) in [5, 5.41) is 3.19. The van der Waals surface area contributed by atoms with Crippen LogP contribution in [0.2, 0.25) is 0 Å². The molecule has 0 aliphatic carbocycles. The summed E-state index contributed by atoms with van der Waals surface area (Å²) >= 11 is 0. The van der Waals surface area contributed by atoms with E-state index >= 15 is 0 Å². The number of ether oxygens (including phenoxy) is 2. The standard InChI is InChI=1S/C6H13NO.C4H8O/c1-2-8-5-6-3-7-4-6;1-2-4-5-3-1/h6-7H,2-5H2,1H3;1-4H2. The van der Waals surface area contributed by atoms with Crippen molar-refractivity contribution >= 4 is 0 Å². The molecule has 0 spiro atoms. The largest absolute Gasteiger partial charge is 0.381 e. The quantitative estimate of drug-likeness (QED) is 0.716. The molecule has 2 rings (SSSR count). The molecule has 2 heterocycles. The van der Waals surface area contributed by atoms with Crippen molar-refractivity contribution < 1.29 is 9.47 Å². The zero-order valence-electron chi connectivity index (χ0n) is 8.55. The van der Waals surface area contributed by atoms with Gasteiger partial charge in [0.05, 0.1) is 6.61 Å². The van der Waals surface area contributed by atoms with Gasteiger partial charge in [0.25, 0.3) is 0 Å². The lowest BCUT2D eigenvalue weighted by molar-refractivity contribution is 0.0893. The Morgan fingerprint density at radius 2 is 2.00 bits per heavy atom. The molecule has 3 heteroatoms. The van der Waals surface area contributed by atoms with E-state index < -0.39 is 0 Å². The SMILES string of the molecule is C1CCOC1.CCOCC1CNC1. The summed E-state index contributed by atoms with van der Waals surface area (Å²) in [5.74, 6) is 0.801. The Bertz CT molecular complexity index is 104. The van der Waals surface area contributed by atoms with Crippen LogP contribution in [0.25, 0.3) is 0 Å². The van der Waals surface area contributed by atoms with Gasteiger partial charge in [0.2, 0.25) is 0 Å². The van der Waals surface area contributed by atoms with E-state index in [0.29, 0.717) is 0 Å². The van der Waals surface area contributed by atoms with Crippen molar-refractivity contribution in [2.75, 3.05) is 39.5 Å². The maximum Gasteiger partial charge on any atom is 0.0518 e. The van der Waals surface area contributed by atoms with E-state index in [1.54, 1.807) is 0 Å². The fourth-order valence-electron chi connectivity index (χ4n) is 1.26. The highest BCUT2D eigenvalue weighted by molar-refractivity contribution is 4.73. The van der Waals surface area contributed by atoms with Crippen molar-refractivity contribution in [2.24, 2.45) is 5.92 Å². The van der Waals surface area contributed by atoms with Gasteiger partial charge < -0.3 is 14.8 Å². The van der Waals surface area contributed by atoms with Gasteiger partial charge in [-0.05, 0) is 19.8 Å². The Morgan fingerprint density at radius 1 is 1.31 bits per heavy atom. The zero-order chi connectivity index (χ0) is 9.36. The Morgan fingerprint density at radius 3 is 2.31 bits per heavy atom. The third-order valence-corrected chi connectivity index (χ3v) is 2.25. The summed E-state index contributed by atoms with van der Waals surface area (Å²) in [5.41, 5.74) is 0.